The summed E-state index contributed by atoms with van der Waals surface area (Å²) in [7, 11) is 0. The van der Waals surface area contributed by atoms with E-state index in [9.17, 15) is 18.0 Å². The van der Waals surface area contributed by atoms with Crippen LogP contribution in [0.25, 0.3) is 5.78 Å². The molecule has 1 atom stereocenters. The zero-order valence-electron chi connectivity index (χ0n) is 18.6. The SMILES string of the molecule is C[C@@H](Nc1nc2nncn2c2c1CN(C(=O)OC(C)(C)C)C2)c1cc(N)cc(C(F)(F)F)c1. The summed E-state index contributed by atoms with van der Waals surface area (Å²) in [6.45, 7) is 7.51. The normalized spacial score (nSPS) is 14.9. The fraction of sp³-hybridized carbons (Fsp3) is 0.429. The summed E-state index contributed by atoms with van der Waals surface area (Å²) in [6, 6.07) is 2.87. The van der Waals surface area contributed by atoms with Crippen LogP contribution in [-0.4, -0.2) is 36.2 Å². The molecular weight excluding hydrogens is 439 g/mol. The molecular formula is C21H24F3N7O2. The van der Waals surface area contributed by atoms with E-state index >= 15 is 0 Å². The number of alkyl halides is 3. The third-order valence-corrected chi connectivity index (χ3v) is 5.17. The lowest BCUT2D eigenvalue weighted by Crippen LogP contribution is -2.33. The number of hydrogen-bond acceptors (Lipinski definition) is 7. The van der Waals surface area contributed by atoms with Gasteiger partial charge < -0.3 is 15.8 Å². The van der Waals surface area contributed by atoms with Crippen molar-refractivity contribution in [3.63, 3.8) is 0 Å². The first-order valence-corrected chi connectivity index (χ1v) is 10.3. The minimum Gasteiger partial charge on any atom is -0.444 e. The Morgan fingerprint density at radius 1 is 1.21 bits per heavy atom. The van der Waals surface area contributed by atoms with Crippen LogP contribution in [0.1, 0.15) is 56.1 Å². The molecule has 1 aliphatic rings. The summed E-state index contributed by atoms with van der Waals surface area (Å²) in [4.78, 5) is 18.6. The Labute approximate surface area is 187 Å². The molecule has 33 heavy (non-hydrogen) atoms. The van der Waals surface area contributed by atoms with Crippen LogP contribution in [0.3, 0.4) is 0 Å². The molecule has 1 aliphatic heterocycles. The van der Waals surface area contributed by atoms with E-state index in [4.69, 9.17) is 10.5 Å². The van der Waals surface area contributed by atoms with Crippen molar-refractivity contribution in [1.82, 2.24) is 24.5 Å². The Kier molecular flexibility index (Phi) is 5.33. The first kappa shape index (κ1) is 22.6. The monoisotopic (exact) mass is 463 g/mol. The molecule has 1 amide bonds. The van der Waals surface area contributed by atoms with Crippen molar-refractivity contribution in [2.75, 3.05) is 11.1 Å². The fourth-order valence-corrected chi connectivity index (χ4v) is 3.66. The lowest BCUT2D eigenvalue weighted by atomic mass is 10.0. The second-order valence-electron chi connectivity index (χ2n) is 8.98. The first-order valence-electron chi connectivity index (χ1n) is 10.3. The van der Waals surface area contributed by atoms with Crippen LogP contribution in [0.4, 0.5) is 29.5 Å². The Hall–Kier alpha value is -3.57. The number of nitrogens with one attached hydrogen (secondary N) is 1. The van der Waals surface area contributed by atoms with E-state index in [0.717, 1.165) is 17.8 Å². The van der Waals surface area contributed by atoms with Crippen LogP contribution in [0.2, 0.25) is 0 Å². The topological polar surface area (TPSA) is 111 Å². The number of nitrogens with zero attached hydrogens (tertiary/aromatic N) is 5. The zero-order valence-corrected chi connectivity index (χ0v) is 18.6. The number of amides is 1. The number of carbonyl (C=O) groups is 1. The van der Waals surface area contributed by atoms with Crippen molar-refractivity contribution < 1.29 is 22.7 Å². The molecule has 0 saturated carbocycles. The molecule has 3 N–H and O–H groups in total. The van der Waals surface area contributed by atoms with Gasteiger partial charge in [0.1, 0.15) is 17.7 Å². The average molecular weight is 463 g/mol. The van der Waals surface area contributed by atoms with Crippen molar-refractivity contribution in [2.45, 2.75) is 58.6 Å². The fourth-order valence-electron chi connectivity index (χ4n) is 3.66. The molecule has 2 aromatic heterocycles. The summed E-state index contributed by atoms with van der Waals surface area (Å²) in [5, 5.41) is 11.0. The molecule has 0 saturated heterocycles. The van der Waals surface area contributed by atoms with Gasteiger partial charge in [-0.1, -0.05) is 0 Å². The van der Waals surface area contributed by atoms with Crippen LogP contribution in [0, 0.1) is 0 Å². The van der Waals surface area contributed by atoms with Crippen molar-refractivity contribution in [2.24, 2.45) is 0 Å². The van der Waals surface area contributed by atoms with E-state index in [1.54, 1.807) is 32.1 Å². The van der Waals surface area contributed by atoms with Crippen LogP contribution in [0.15, 0.2) is 24.5 Å². The van der Waals surface area contributed by atoms with Crippen molar-refractivity contribution in [3.8, 4) is 0 Å². The molecule has 1 aromatic carbocycles. The van der Waals surface area contributed by atoms with Crippen molar-refractivity contribution in [3.05, 3.63) is 46.9 Å². The number of anilines is 2. The number of aromatic nitrogens is 4. The Morgan fingerprint density at radius 3 is 2.61 bits per heavy atom. The summed E-state index contributed by atoms with van der Waals surface area (Å²) < 4.78 is 46.9. The molecule has 0 spiro atoms. The smallest absolute Gasteiger partial charge is 0.416 e. The van der Waals surface area contributed by atoms with E-state index in [1.807, 2.05) is 0 Å². The number of fused-ring (bicyclic) bond motifs is 3. The quantitative estimate of drug-likeness (QED) is 0.562. The second kappa shape index (κ2) is 7.78. The molecule has 9 nitrogen and oxygen atoms in total. The lowest BCUT2D eigenvalue weighted by Gasteiger charge is -2.24. The highest BCUT2D eigenvalue weighted by atomic mass is 19.4. The Bertz CT molecular complexity index is 1220. The zero-order chi connectivity index (χ0) is 24.1. The third-order valence-electron chi connectivity index (χ3n) is 5.17. The maximum Gasteiger partial charge on any atom is 0.416 e. The molecule has 0 aliphatic carbocycles. The van der Waals surface area contributed by atoms with Gasteiger partial charge in [0.15, 0.2) is 0 Å². The number of ether oxygens (including phenoxy) is 1. The van der Waals surface area contributed by atoms with Gasteiger partial charge in [0, 0.05) is 11.3 Å². The predicted molar refractivity (Wildman–Crippen MR) is 114 cm³/mol. The molecule has 0 bridgehead atoms. The summed E-state index contributed by atoms with van der Waals surface area (Å²) >= 11 is 0. The maximum atomic E-state index is 13.2. The highest BCUT2D eigenvalue weighted by molar-refractivity contribution is 5.70. The van der Waals surface area contributed by atoms with Gasteiger partial charge in [-0.2, -0.15) is 18.2 Å². The summed E-state index contributed by atoms with van der Waals surface area (Å²) in [5.74, 6) is 0.707. The number of rotatable bonds is 3. The van der Waals surface area contributed by atoms with Crippen LogP contribution in [0.5, 0.6) is 0 Å². The van der Waals surface area contributed by atoms with E-state index < -0.39 is 29.5 Å². The van der Waals surface area contributed by atoms with Gasteiger partial charge in [0.25, 0.3) is 5.78 Å². The molecule has 12 heteroatoms. The van der Waals surface area contributed by atoms with Gasteiger partial charge in [0.05, 0.1) is 30.4 Å². The third kappa shape index (κ3) is 4.64. The molecule has 176 valence electrons. The van der Waals surface area contributed by atoms with Gasteiger partial charge in [-0.15, -0.1) is 10.2 Å². The number of carbonyl (C=O) groups excluding carboxylic acids is 1. The van der Waals surface area contributed by atoms with E-state index in [2.05, 4.69) is 20.5 Å². The van der Waals surface area contributed by atoms with Gasteiger partial charge >= 0.3 is 12.3 Å². The highest BCUT2D eigenvalue weighted by Gasteiger charge is 2.34. The minimum atomic E-state index is -4.52. The predicted octanol–water partition coefficient (Wildman–Crippen LogP) is 4.15. The van der Waals surface area contributed by atoms with E-state index in [0.29, 0.717) is 22.7 Å². The molecule has 3 aromatic rings. The van der Waals surface area contributed by atoms with Crippen molar-refractivity contribution >= 4 is 23.4 Å². The highest BCUT2D eigenvalue weighted by Crippen LogP contribution is 2.35. The number of hydrogen-bond donors (Lipinski definition) is 2. The summed E-state index contributed by atoms with van der Waals surface area (Å²) in [6.07, 6.45) is -3.50. The maximum absolute atomic E-state index is 13.2. The van der Waals surface area contributed by atoms with Gasteiger partial charge in [-0.3, -0.25) is 9.30 Å². The number of nitrogens with two attached hydrogens (primary N) is 1. The first-order chi connectivity index (χ1) is 15.3. The van der Waals surface area contributed by atoms with Crippen LogP contribution >= 0.6 is 0 Å². The summed E-state index contributed by atoms with van der Waals surface area (Å²) in [5.41, 5.74) is 6.04. The molecule has 0 unspecified atom stereocenters. The standard InChI is InChI=1S/C21H24F3N7O2/c1-11(12-5-13(21(22,23)24)7-14(25)6-12)27-17-15-8-30(19(32)33-20(2,3)4)9-16(15)31-10-26-29-18(31)28-17/h5-7,10-11H,8-9,25H2,1-4H3,(H,27,28,29)/t11-/m1/s1. The van der Waals surface area contributed by atoms with Crippen LogP contribution < -0.4 is 11.1 Å². The Balaban J connectivity index is 1.66. The molecule has 3 heterocycles. The lowest BCUT2D eigenvalue weighted by molar-refractivity contribution is -0.137. The largest absolute Gasteiger partial charge is 0.444 e. The van der Waals surface area contributed by atoms with Gasteiger partial charge in [-0.05, 0) is 51.5 Å². The Morgan fingerprint density at radius 2 is 1.94 bits per heavy atom. The van der Waals surface area contributed by atoms with Gasteiger partial charge in [-0.25, -0.2) is 4.79 Å². The van der Waals surface area contributed by atoms with E-state index in [1.165, 1.54) is 17.3 Å². The van der Waals surface area contributed by atoms with Crippen molar-refractivity contribution in [1.29, 1.82) is 0 Å². The van der Waals surface area contributed by atoms with Gasteiger partial charge in [0.2, 0.25) is 0 Å². The number of halogens is 3. The number of benzene rings is 1. The number of nitrogen functional groups attached to an aromatic ring is 1. The minimum absolute atomic E-state index is 0.00988. The van der Waals surface area contributed by atoms with Crippen LogP contribution in [-0.2, 0) is 24.0 Å². The van der Waals surface area contributed by atoms with E-state index in [-0.39, 0.29) is 18.8 Å². The molecule has 4 rings (SSSR count). The average Bonchev–Trinajstić information content (AvgIpc) is 3.32. The second-order valence-corrected chi connectivity index (χ2v) is 8.98. The molecule has 0 radical (unpaired) electrons. The molecule has 0 fully saturated rings.